The zero-order valence-electron chi connectivity index (χ0n) is 16.7. The van der Waals surface area contributed by atoms with E-state index in [9.17, 15) is 26.4 Å². The summed E-state index contributed by atoms with van der Waals surface area (Å²) in [7, 11) is -4.10. The molecule has 0 aliphatic carbocycles. The first-order valence-electron chi connectivity index (χ1n) is 9.49. The average Bonchev–Trinajstić information content (AvgIpc) is 2.78. The molecule has 0 amide bonds. The molecule has 0 saturated carbocycles. The third kappa shape index (κ3) is 5.72. The summed E-state index contributed by atoms with van der Waals surface area (Å²) in [5.41, 5.74) is 0.560. The van der Waals surface area contributed by atoms with Gasteiger partial charge in [-0.05, 0) is 23.8 Å². The molecule has 0 atom stereocenters. The van der Waals surface area contributed by atoms with E-state index in [0.717, 1.165) is 22.5 Å². The number of nitrogens with zero attached hydrogens (tertiary/aromatic N) is 3. The molecule has 0 spiro atoms. The molecule has 1 aliphatic heterocycles. The Bertz CT molecular complexity index is 1160. The minimum Gasteiger partial charge on any atom is -0.318 e. The van der Waals surface area contributed by atoms with E-state index in [1.54, 1.807) is 24.3 Å². The second-order valence-electron chi connectivity index (χ2n) is 7.01. The number of piperidine rings is 1. The van der Waals surface area contributed by atoms with Gasteiger partial charge in [-0.15, -0.1) is 0 Å². The van der Waals surface area contributed by atoms with Crippen LogP contribution in [0.4, 0.5) is 18.9 Å². The van der Waals surface area contributed by atoms with Crippen LogP contribution in [-0.2, 0) is 32.3 Å². The summed E-state index contributed by atoms with van der Waals surface area (Å²) in [5, 5.41) is 3.80. The molecular weight excluding hydrogens is 447 g/mol. The number of halogens is 3. The second kappa shape index (κ2) is 9.50. The zero-order chi connectivity index (χ0) is 23.4. The molecule has 1 fully saturated rings. The van der Waals surface area contributed by atoms with Gasteiger partial charge in [-0.1, -0.05) is 35.5 Å². The van der Waals surface area contributed by atoms with Crippen molar-refractivity contribution in [2.24, 2.45) is 5.16 Å². The van der Waals surface area contributed by atoms with Crippen molar-refractivity contribution in [2.75, 3.05) is 13.1 Å². The summed E-state index contributed by atoms with van der Waals surface area (Å²) in [6.45, 7) is 6.91. The molecule has 1 saturated heterocycles. The van der Waals surface area contributed by atoms with Gasteiger partial charge >= 0.3 is 12.1 Å². The van der Waals surface area contributed by atoms with Gasteiger partial charge < -0.3 is 4.84 Å². The number of carbonyl (C=O) groups excluding carboxylic acids is 1. The third-order valence-corrected chi connectivity index (χ3v) is 6.68. The number of benzene rings is 2. The first-order chi connectivity index (χ1) is 15.1. The maximum Gasteiger partial charge on any atom is 0.416 e. The standard InChI is InChI=1S/C21H18F3N3O4S/c1-25-17-7-5-15(6-8-17)13-20(28)31-26-18-9-11-27(12-10-18)32(29,30)19-4-2-3-16(14-19)21(22,23)24/h2-8,14H,9-13H2. The Balaban J connectivity index is 1.57. The molecule has 0 bridgehead atoms. The van der Waals surface area contributed by atoms with Crippen molar-refractivity contribution in [3.63, 3.8) is 0 Å². The van der Waals surface area contributed by atoms with Crippen LogP contribution in [0.5, 0.6) is 0 Å². The van der Waals surface area contributed by atoms with E-state index in [0.29, 0.717) is 23.0 Å². The summed E-state index contributed by atoms with van der Waals surface area (Å²) < 4.78 is 65.2. The largest absolute Gasteiger partial charge is 0.416 e. The Morgan fingerprint density at radius 1 is 1.12 bits per heavy atom. The maximum atomic E-state index is 12.9. The van der Waals surface area contributed by atoms with Crippen LogP contribution in [0.2, 0.25) is 0 Å². The van der Waals surface area contributed by atoms with E-state index in [-0.39, 0.29) is 32.4 Å². The Morgan fingerprint density at radius 2 is 1.78 bits per heavy atom. The van der Waals surface area contributed by atoms with E-state index in [1.807, 2.05) is 0 Å². The Morgan fingerprint density at radius 3 is 2.38 bits per heavy atom. The van der Waals surface area contributed by atoms with Crippen molar-refractivity contribution >= 4 is 27.4 Å². The van der Waals surface area contributed by atoms with Gasteiger partial charge in [-0.2, -0.15) is 17.5 Å². The number of hydrogen-bond acceptors (Lipinski definition) is 5. The van der Waals surface area contributed by atoms with Gasteiger partial charge in [0, 0.05) is 25.9 Å². The Labute approximate surface area is 183 Å². The molecule has 7 nitrogen and oxygen atoms in total. The van der Waals surface area contributed by atoms with Crippen LogP contribution in [0, 0.1) is 6.57 Å². The first kappa shape index (κ1) is 23.4. The van der Waals surface area contributed by atoms with Crippen LogP contribution in [0.3, 0.4) is 0 Å². The van der Waals surface area contributed by atoms with Crippen molar-refractivity contribution < 1.29 is 31.2 Å². The van der Waals surface area contributed by atoms with Crippen molar-refractivity contribution in [3.05, 3.63) is 71.1 Å². The lowest BCUT2D eigenvalue weighted by molar-refractivity contribution is -0.143. The smallest absolute Gasteiger partial charge is 0.318 e. The highest BCUT2D eigenvalue weighted by Gasteiger charge is 2.33. The van der Waals surface area contributed by atoms with Crippen molar-refractivity contribution in [1.29, 1.82) is 0 Å². The van der Waals surface area contributed by atoms with Crippen LogP contribution >= 0.6 is 0 Å². The fraction of sp³-hybridized carbons (Fsp3) is 0.286. The van der Waals surface area contributed by atoms with Crippen molar-refractivity contribution in [1.82, 2.24) is 4.31 Å². The summed E-state index contributed by atoms with van der Waals surface area (Å²) >= 11 is 0. The van der Waals surface area contributed by atoms with Crippen molar-refractivity contribution in [3.8, 4) is 0 Å². The van der Waals surface area contributed by atoms with E-state index in [4.69, 9.17) is 11.4 Å². The van der Waals surface area contributed by atoms with Crippen LogP contribution < -0.4 is 0 Å². The van der Waals surface area contributed by atoms with E-state index in [2.05, 4.69) is 10.0 Å². The number of hydrogen-bond donors (Lipinski definition) is 0. The molecule has 32 heavy (non-hydrogen) atoms. The molecule has 11 heteroatoms. The number of oxime groups is 1. The van der Waals surface area contributed by atoms with Crippen LogP contribution in [0.1, 0.15) is 24.0 Å². The molecule has 2 aromatic rings. The van der Waals surface area contributed by atoms with Gasteiger partial charge in [0.25, 0.3) is 0 Å². The zero-order valence-corrected chi connectivity index (χ0v) is 17.5. The molecule has 168 valence electrons. The summed E-state index contributed by atoms with van der Waals surface area (Å²) in [6, 6.07) is 10.1. The molecular formula is C21H18F3N3O4S. The minimum atomic E-state index is -4.64. The monoisotopic (exact) mass is 465 g/mol. The first-order valence-corrected chi connectivity index (χ1v) is 10.9. The Kier molecular flexibility index (Phi) is 6.96. The quantitative estimate of drug-likeness (QED) is 0.377. The molecule has 0 N–H and O–H groups in total. The fourth-order valence-corrected chi connectivity index (χ4v) is 4.55. The summed E-state index contributed by atoms with van der Waals surface area (Å²) in [6.07, 6.45) is -4.31. The van der Waals surface area contributed by atoms with Crippen LogP contribution in [0.15, 0.2) is 58.6 Å². The van der Waals surface area contributed by atoms with E-state index < -0.39 is 32.6 Å². The number of sulfonamides is 1. The van der Waals surface area contributed by atoms with Gasteiger partial charge in [0.15, 0.2) is 5.69 Å². The van der Waals surface area contributed by atoms with Crippen molar-refractivity contribution in [2.45, 2.75) is 30.3 Å². The SMILES string of the molecule is [C-]#[N+]c1ccc(CC(=O)ON=C2CCN(S(=O)(=O)c3cccc(C(F)(F)F)c3)CC2)cc1. The number of carbonyl (C=O) groups is 1. The summed E-state index contributed by atoms with van der Waals surface area (Å²) in [4.78, 5) is 19.7. The molecule has 1 aliphatic rings. The predicted molar refractivity (Wildman–Crippen MR) is 109 cm³/mol. The molecule has 0 radical (unpaired) electrons. The average molecular weight is 465 g/mol. The van der Waals surface area contributed by atoms with E-state index >= 15 is 0 Å². The second-order valence-corrected chi connectivity index (χ2v) is 8.94. The highest BCUT2D eigenvalue weighted by Crippen LogP contribution is 2.31. The van der Waals surface area contributed by atoms with E-state index in [1.165, 1.54) is 0 Å². The normalized spacial score (nSPS) is 15.1. The highest BCUT2D eigenvalue weighted by atomic mass is 32.2. The Hall–Kier alpha value is -3.23. The predicted octanol–water partition coefficient (Wildman–Crippen LogP) is 4.18. The van der Waals surface area contributed by atoms with Gasteiger partial charge in [-0.3, -0.25) is 0 Å². The fourth-order valence-electron chi connectivity index (χ4n) is 3.06. The number of alkyl halides is 3. The lowest BCUT2D eigenvalue weighted by Gasteiger charge is -2.26. The lowest BCUT2D eigenvalue weighted by Crippen LogP contribution is -2.38. The van der Waals surface area contributed by atoms with Crippen LogP contribution in [-0.4, -0.2) is 37.5 Å². The van der Waals surface area contributed by atoms with Crippen LogP contribution in [0.25, 0.3) is 4.85 Å². The van der Waals surface area contributed by atoms with Gasteiger partial charge in [0.2, 0.25) is 10.0 Å². The lowest BCUT2D eigenvalue weighted by atomic mass is 10.1. The maximum absolute atomic E-state index is 12.9. The van der Waals surface area contributed by atoms with Gasteiger partial charge in [0.1, 0.15) is 0 Å². The molecule has 0 aromatic heterocycles. The van der Waals surface area contributed by atoms with Gasteiger partial charge in [0.05, 0.1) is 29.2 Å². The topological polar surface area (TPSA) is 80.4 Å². The minimum absolute atomic E-state index is 0.00699. The number of rotatable bonds is 5. The third-order valence-electron chi connectivity index (χ3n) is 4.79. The molecule has 3 rings (SSSR count). The summed E-state index contributed by atoms with van der Waals surface area (Å²) in [5.74, 6) is -0.605. The molecule has 1 heterocycles. The van der Waals surface area contributed by atoms with Gasteiger partial charge in [-0.25, -0.2) is 18.1 Å². The molecule has 0 unspecified atom stereocenters. The highest BCUT2D eigenvalue weighted by molar-refractivity contribution is 7.89. The molecule has 2 aromatic carbocycles.